The maximum atomic E-state index is 9.96. The van der Waals surface area contributed by atoms with Gasteiger partial charge in [0.05, 0.1) is 6.54 Å². The highest BCUT2D eigenvalue weighted by molar-refractivity contribution is 5.72. The first-order valence-corrected chi connectivity index (χ1v) is 4.74. The fourth-order valence-corrected chi connectivity index (χ4v) is 0.406. The van der Waals surface area contributed by atoms with Crippen molar-refractivity contribution in [3.8, 4) is 0 Å². The second-order valence-electron chi connectivity index (χ2n) is 3.21. The van der Waals surface area contributed by atoms with Crippen LogP contribution in [0.15, 0.2) is 0 Å². The number of carboxylic acid groups (broad SMARTS) is 2. The van der Waals surface area contributed by atoms with E-state index in [4.69, 9.17) is 15.9 Å². The van der Waals surface area contributed by atoms with Crippen molar-refractivity contribution in [1.29, 1.82) is 0 Å². The van der Waals surface area contributed by atoms with Gasteiger partial charge in [0.15, 0.2) is 0 Å². The highest BCUT2D eigenvalue weighted by Crippen LogP contribution is 1.85. The Bertz CT molecular complexity index is 195. The summed E-state index contributed by atoms with van der Waals surface area (Å²) in [5.41, 5.74) is 4.84. The Morgan fingerprint density at radius 2 is 1.73 bits per heavy atom. The van der Waals surface area contributed by atoms with Crippen molar-refractivity contribution in [2.45, 2.75) is 39.3 Å². The molecule has 0 amide bonds. The zero-order chi connectivity index (χ0) is 12.4. The van der Waals surface area contributed by atoms with Gasteiger partial charge in [0.1, 0.15) is 6.04 Å². The molecule has 0 aromatic rings. The molecule has 0 aliphatic heterocycles. The molecular formula is C9H20N2O4. The first kappa shape index (κ1) is 16.3. The Morgan fingerprint density at radius 3 is 1.93 bits per heavy atom. The molecule has 2 unspecified atom stereocenters. The molecule has 2 atom stereocenters. The largest absolute Gasteiger partial charge is 0.480 e. The molecule has 0 aromatic heterocycles. The average Bonchev–Trinajstić information content (AvgIpc) is 2.14. The van der Waals surface area contributed by atoms with Gasteiger partial charge in [-0.05, 0) is 20.3 Å². The third-order valence-electron chi connectivity index (χ3n) is 1.60. The molecule has 6 heteroatoms. The van der Waals surface area contributed by atoms with E-state index in [1.165, 1.54) is 6.92 Å². The molecule has 6 nitrogen and oxygen atoms in total. The highest BCUT2D eigenvalue weighted by atomic mass is 16.4. The number of carboxylic acids is 2. The van der Waals surface area contributed by atoms with E-state index in [0.29, 0.717) is 6.04 Å². The van der Waals surface area contributed by atoms with Crippen LogP contribution in [0.3, 0.4) is 0 Å². The summed E-state index contributed by atoms with van der Waals surface area (Å²) in [5, 5.41) is 18.9. The zero-order valence-electron chi connectivity index (χ0n) is 9.36. The van der Waals surface area contributed by atoms with Crippen molar-refractivity contribution in [3.63, 3.8) is 0 Å². The fraction of sp³-hybridized carbons (Fsp3) is 0.778. The molecule has 0 bridgehead atoms. The molecule has 0 aliphatic rings. The number of hydrogen-bond donors (Lipinski definition) is 4. The van der Waals surface area contributed by atoms with Crippen molar-refractivity contribution in [3.05, 3.63) is 0 Å². The van der Waals surface area contributed by atoms with E-state index in [1.807, 2.05) is 13.8 Å². The molecule has 0 radical (unpaired) electrons. The van der Waals surface area contributed by atoms with Gasteiger partial charge < -0.3 is 21.3 Å². The number of hydrogen-bond acceptors (Lipinski definition) is 4. The van der Waals surface area contributed by atoms with Crippen LogP contribution in [-0.4, -0.2) is 40.8 Å². The second-order valence-corrected chi connectivity index (χ2v) is 3.21. The third kappa shape index (κ3) is 15.6. The Balaban J connectivity index is 0. The number of nitrogens with two attached hydrogens (primary N) is 1. The molecule has 0 fully saturated rings. The lowest BCUT2D eigenvalue weighted by Crippen LogP contribution is -2.30. The summed E-state index contributed by atoms with van der Waals surface area (Å²) >= 11 is 0. The summed E-state index contributed by atoms with van der Waals surface area (Å²) < 4.78 is 0. The first-order valence-electron chi connectivity index (χ1n) is 4.74. The Hall–Kier alpha value is -1.14. The van der Waals surface area contributed by atoms with E-state index < -0.39 is 18.0 Å². The third-order valence-corrected chi connectivity index (χ3v) is 1.60. The van der Waals surface area contributed by atoms with Gasteiger partial charge in [-0.3, -0.25) is 9.59 Å². The van der Waals surface area contributed by atoms with Crippen LogP contribution in [0.25, 0.3) is 0 Å². The Labute approximate surface area is 89.5 Å². The van der Waals surface area contributed by atoms with Crippen molar-refractivity contribution in [1.82, 2.24) is 5.32 Å². The van der Waals surface area contributed by atoms with Gasteiger partial charge >= 0.3 is 11.9 Å². The van der Waals surface area contributed by atoms with Gasteiger partial charge in [-0.1, -0.05) is 6.92 Å². The summed E-state index contributed by atoms with van der Waals surface area (Å²) in [6.07, 6.45) is 0.966. The molecule has 0 rings (SSSR count). The van der Waals surface area contributed by atoms with Gasteiger partial charge in [-0.15, -0.1) is 0 Å². The highest BCUT2D eigenvalue weighted by Gasteiger charge is 1.99. The Morgan fingerprint density at radius 1 is 1.33 bits per heavy atom. The Kier molecular flexibility index (Phi) is 10.2. The quantitative estimate of drug-likeness (QED) is 0.513. The van der Waals surface area contributed by atoms with Crippen molar-refractivity contribution < 1.29 is 19.8 Å². The predicted molar refractivity (Wildman–Crippen MR) is 56.7 cm³/mol. The van der Waals surface area contributed by atoms with Crippen molar-refractivity contribution >= 4 is 11.9 Å². The molecule has 0 heterocycles. The van der Waals surface area contributed by atoms with Crippen LogP contribution in [0.1, 0.15) is 27.2 Å². The van der Waals surface area contributed by atoms with Crippen LogP contribution in [-0.2, 0) is 9.59 Å². The number of rotatable bonds is 5. The lowest BCUT2D eigenvalue weighted by atomic mass is 10.3. The van der Waals surface area contributed by atoms with E-state index in [2.05, 4.69) is 5.32 Å². The minimum absolute atomic E-state index is 0.0645. The summed E-state index contributed by atoms with van der Waals surface area (Å²) in [4.78, 5) is 19.5. The van der Waals surface area contributed by atoms with Gasteiger partial charge in [0.25, 0.3) is 0 Å². The standard InChI is InChI=1S/C6H13NO2.C3H7NO2/c1-3-5(2)7-4-6(8)9;1-2(4)3(5)6/h5,7H,3-4H2,1-2H3,(H,8,9);2H,4H2,1H3,(H,5,6). The van der Waals surface area contributed by atoms with Crippen LogP contribution >= 0.6 is 0 Å². The molecule has 0 aliphatic carbocycles. The summed E-state index contributed by atoms with van der Waals surface area (Å²) in [7, 11) is 0. The number of aliphatic carboxylic acids is 2. The van der Waals surface area contributed by atoms with E-state index in [-0.39, 0.29) is 6.54 Å². The van der Waals surface area contributed by atoms with Crippen molar-refractivity contribution in [2.24, 2.45) is 5.73 Å². The molecule has 0 saturated heterocycles. The molecule has 5 N–H and O–H groups in total. The van der Waals surface area contributed by atoms with Crippen LogP contribution < -0.4 is 11.1 Å². The zero-order valence-corrected chi connectivity index (χ0v) is 9.36. The average molecular weight is 220 g/mol. The van der Waals surface area contributed by atoms with E-state index in [9.17, 15) is 9.59 Å². The fourth-order valence-electron chi connectivity index (χ4n) is 0.406. The normalized spacial score (nSPS) is 13.3. The van der Waals surface area contributed by atoms with Crippen molar-refractivity contribution in [2.75, 3.05) is 6.54 Å². The smallest absolute Gasteiger partial charge is 0.320 e. The summed E-state index contributed by atoms with van der Waals surface area (Å²) in [6, 6.07) is -0.425. The molecule has 0 spiro atoms. The molecule has 0 saturated carbocycles. The van der Waals surface area contributed by atoms with E-state index in [0.717, 1.165) is 6.42 Å². The molecular weight excluding hydrogens is 200 g/mol. The minimum atomic E-state index is -0.963. The van der Waals surface area contributed by atoms with E-state index >= 15 is 0 Å². The lowest BCUT2D eigenvalue weighted by Gasteiger charge is -2.07. The van der Waals surface area contributed by atoms with E-state index in [1.54, 1.807) is 0 Å². The summed E-state index contributed by atoms with van der Waals surface area (Å²) in [5.74, 6) is -1.76. The maximum Gasteiger partial charge on any atom is 0.320 e. The lowest BCUT2D eigenvalue weighted by molar-refractivity contribution is -0.138. The molecule has 15 heavy (non-hydrogen) atoms. The second kappa shape index (κ2) is 9.42. The number of carbonyl (C=O) groups is 2. The van der Waals surface area contributed by atoms with Crippen LogP contribution in [0.4, 0.5) is 0 Å². The minimum Gasteiger partial charge on any atom is -0.480 e. The first-order chi connectivity index (χ1) is 6.81. The van der Waals surface area contributed by atoms with Crippen LogP contribution in [0.5, 0.6) is 0 Å². The van der Waals surface area contributed by atoms with Gasteiger partial charge in [-0.2, -0.15) is 0 Å². The topological polar surface area (TPSA) is 113 Å². The SMILES string of the molecule is CC(N)C(=O)O.CCC(C)NCC(=O)O. The molecule has 0 aromatic carbocycles. The molecule has 90 valence electrons. The van der Waals surface area contributed by atoms with Gasteiger partial charge in [0.2, 0.25) is 0 Å². The maximum absolute atomic E-state index is 9.96. The predicted octanol–water partition coefficient (Wildman–Crippen LogP) is -0.123. The van der Waals surface area contributed by atoms with Crippen LogP contribution in [0, 0.1) is 0 Å². The monoisotopic (exact) mass is 220 g/mol. The van der Waals surface area contributed by atoms with Crippen LogP contribution in [0.2, 0.25) is 0 Å². The van der Waals surface area contributed by atoms with Gasteiger partial charge in [-0.25, -0.2) is 0 Å². The van der Waals surface area contributed by atoms with Gasteiger partial charge in [0, 0.05) is 6.04 Å². The number of nitrogens with one attached hydrogen (secondary N) is 1. The summed E-state index contributed by atoms with van der Waals surface area (Å²) in [6.45, 7) is 5.46.